The van der Waals surface area contributed by atoms with Crippen molar-refractivity contribution in [1.82, 2.24) is 10.3 Å². The van der Waals surface area contributed by atoms with Gasteiger partial charge >= 0.3 is 0 Å². The lowest BCUT2D eigenvalue weighted by Crippen LogP contribution is -2.42. The first-order valence-electron chi connectivity index (χ1n) is 16.3. The largest absolute Gasteiger partial charge is 0.493 e. The third kappa shape index (κ3) is 6.56. The van der Waals surface area contributed by atoms with Crippen molar-refractivity contribution in [1.29, 1.82) is 0 Å². The Morgan fingerprint density at radius 1 is 0.854 bits per heavy atom. The van der Waals surface area contributed by atoms with Crippen molar-refractivity contribution in [2.24, 2.45) is 5.41 Å². The van der Waals surface area contributed by atoms with E-state index in [4.69, 9.17) is 14.2 Å². The number of rotatable bonds is 13. The summed E-state index contributed by atoms with van der Waals surface area (Å²) < 4.78 is 60.1. The molecule has 0 bridgehead atoms. The molecule has 1 aromatic heterocycles. The Hall–Kier alpha value is -4.64. The normalized spacial score (nSPS) is 17.6. The van der Waals surface area contributed by atoms with Crippen LogP contribution in [0.3, 0.4) is 0 Å². The van der Waals surface area contributed by atoms with Crippen LogP contribution in [-0.4, -0.2) is 42.0 Å². The third-order valence-corrected chi connectivity index (χ3v) is 9.69. The van der Waals surface area contributed by atoms with E-state index < -0.39 is 28.8 Å². The number of nitrogens with one attached hydrogen (secondary N) is 2. The highest BCUT2D eigenvalue weighted by Gasteiger charge is 2.55. The summed E-state index contributed by atoms with van der Waals surface area (Å²) in [5.74, 6) is -2.43. The molecular weight excluding hydrogens is 623 g/mol. The van der Waals surface area contributed by atoms with Crippen molar-refractivity contribution in [2.45, 2.75) is 69.4 Å². The molecule has 3 aliphatic carbocycles. The van der Waals surface area contributed by atoms with Gasteiger partial charge in [0.15, 0.2) is 40.5 Å². The van der Waals surface area contributed by atoms with E-state index in [1.54, 1.807) is 37.6 Å². The van der Waals surface area contributed by atoms with Crippen molar-refractivity contribution in [2.75, 3.05) is 19.0 Å². The number of hydrogen-bond acceptors (Lipinski definition) is 7. The van der Waals surface area contributed by atoms with Crippen molar-refractivity contribution >= 4 is 28.3 Å². The topological polar surface area (TPSA) is 98.8 Å². The van der Waals surface area contributed by atoms with Crippen molar-refractivity contribution in [3.05, 3.63) is 83.8 Å². The SMILES string of the molecule is COc1cc2c(Oc3ccc(CC(=O)C4(C(=O)Nc5ccc(F)c(F)c5)CC4)cc3F)ccnc2cc1OCC1(NC2CCCC2)CC1. The summed E-state index contributed by atoms with van der Waals surface area (Å²) in [7, 11) is 1.56. The second-order valence-electron chi connectivity index (χ2n) is 13.2. The number of methoxy groups -OCH3 is 1. The Bertz CT molecular complexity index is 1890. The van der Waals surface area contributed by atoms with Crippen LogP contribution in [0.5, 0.6) is 23.0 Å². The number of anilines is 1. The van der Waals surface area contributed by atoms with Gasteiger partial charge in [0.25, 0.3) is 0 Å². The molecule has 0 saturated heterocycles. The number of Topliss-reactive ketones (excluding diaryl/α,β-unsaturated/α-hetero) is 1. The molecule has 0 unspecified atom stereocenters. The molecule has 3 aromatic carbocycles. The quantitative estimate of drug-likeness (QED) is 0.144. The van der Waals surface area contributed by atoms with Gasteiger partial charge in [-0.05, 0) is 80.5 Å². The van der Waals surface area contributed by atoms with E-state index in [0.717, 1.165) is 25.0 Å². The molecule has 0 spiro atoms. The Labute approximate surface area is 276 Å². The maximum absolute atomic E-state index is 15.3. The first-order chi connectivity index (χ1) is 23.2. The van der Waals surface area contributed by atoms with Gasteiger partial charge in [-0.2, -0.15) is 0 Å². The van der Waals surface area contributed by atoms with Crippen LogP contribution in [-0.2, 0) is 16.0 Å². The van der Waals surface area contributed by atoms with Crippen LogP contribution in [0.4, 0.5) is 18.9 Å². The lowest BCUT2D eigenvalue weighted by Gasteiger charge is -2.23. The third-order valence-electron chi connectivity index (χ3n) is 9.69. The molecule has 3 fully saturated rings. The van der Waals surface area contributed by atoms with E-state index >= 15 is 4.39 Å². The van der Waals surface area contributed by atoms with Crippen molar-refractivity contribution in [3.63, 3.8) is 0 Å². The number of pyridine rings is 1. The standard InChI is InChI=1S/C37H36F3N3O5/c1-46-32-19-25-29(20-33(32)47-21-36(11-12-36)43-23-4-2-3-5-23)41-15-10-30(25)48-31-9-6-22(16-28(31)40)17-34(44)37(13-14-37)35(45)42-24-7-8-26(38)27(39)18-24/h6-10,15-16,18-20,23,43H,2-5,11-14,17,21H2,1H3,(H,42,45). The molecule has 0 atom stereocenters. The smallest absolute Gasteiger partial charge is 0.238 e. The summed E-state index contributed by atoms with van der Waals surface area (Å²) in [5.41, 5.74) is -0.279. The number of carbonyl (C=O) groups is 2. The highest BCUT2D eigenvalue weighted by molar-refractivity contribution is 6.14. The van der Waals surface area contributed by atoms with Crippen LogP contribution in [0.1, 0.15) is 56.9 Å². The second-order valence-corrected chi connectivity index (χ2v) is 13.2. The van der Waals surface area contributed by atoms with Gasteiger partial charge in [-0.25, -0.2) is 13.2 Å². The highest BCUT2D eigenvalue weighted by atomic mass is 19.2. The molecule has 11 heteroatoms. The summed E-state index contributed by atoms with van der Waals surface area (Å²) >= 11 is 0. The summed E-state index contributed by atoms with van der Waals surface area (Å²) in [6.45, 7) is 0.529. The molecule has 3 saturated carbocycles. The second kappa shape index (κ2) is 12.8. The average molecular weight is 660 g/mol. The number of fused-ring (bicyclic) bond motifs is 1. The molecular formula is C37H36F3N3O5. The molecule has 4 aromatic rings. The highest BCUT2D eigenvalue weighted by Crippen LogP contribution is 2.48. The first-order valence-corrected chi connectivity index (χ1v) is 16.3. The molecule has 3 aliphatic rings. The average Bonchev–Trinajstić information content (AvgIpc) is 3.99. The first kappa shape index (κ1) is 31.9. The number of benzene rings is 3. The van der Waals surface area contributed by atoms with Gasteiger partial charge in [-0.3, -0.25) is 14.6 Å². The van der Waals surface area contributed by atoms with Crippen LogP contribution >= 0.6 is 0 Å². The van der Waals surface area contributed by atoms with Crippen LogP contribution in [0, 0.1) is 22.9 Å². The fourth-order valence-corrected chi connectivity index (χ4v) is 6.48. The molecule has 250 valence electrons. The fraction of sp³-hybridized carbons (Fsp3) is 0.378. The Morgan fingerprint density at radius 3 is 2.33 bits per heavy atom. The summed E-state index contributed by atoms with van der Waals surface area (Å²) in [5, 5.41) is 6.90. The Balaban J connectivity index is 1.02. The Morgan fingerprint density at radius 2 is 1.65 bits per heavy atom. The number of halogens is 3. The predicted octanol–water partition coefficient (Wildman–Crippen LogP) is 7.43. The van der Waals surface area contributed by atoms with Crippen LogP contribution in [0.2, 0.25) is 0 Å². The maximum Gasteiger partial charge on any atom is 0.238 e. The summed E-state index contributed by atoms with van der Waals surface area (Å²) in [4.78, 5) is 30.6. The zero-order valence-electron chi connectivity index (χ0n) is 26.5. The molecule has 7 rings (SSSR count). The van der Waals surface area contributed by atoms with Gasteiger partial charge in [0, 0.05) is 41.9 Å². The number of hydrogen-bond donors (Lipinski definition) is 2. The van der Waals surface area contributed by atoms with E-state index in [0.29, 0.717) is 59.2 Å². The Kier molecular flexibility index (Phi) is 8.49. The molecule has 0 radical (unpaired) electrons. The number of aromatic nitrogens is 1. The lowest BCUT2D eigenvalue weighted by molar-refractivity contribution is -0.132. The molecule has 48 heavy (non-hydrogen) atoms. The van der Waals surface area contributed by atoms with Gasteiger partial charge < -0.3 is 24.8 Å². The predicted molar refractivity (Wildman–Crippen MR) is 173 cm³/mol. The van der Waals surface area contributed by atoms with E-state index in [1.807, 2.05) is 0 Å². The molecule has 8 nitrogen and oxygen atoms in total. The van der Waals surface area contributed by atoms with Gasteiger partial charge in [0.1, 0.15) is 17.8 Å². The minimum absolute atomic E-state index is 0.00196. The minimum Gasteiger partial charge on any atom is -0.493 e. The van der Waals surface area contributed by atoms with Crippen LogP contribution < -0.4 is 24.8 Å². The maximum atomic E-state index is 15.3. The van der Waals surface area contributed by atoms with E-state index in [2.05, 4.69) is 15.6 Å². The molecule has 1 heterocycles. The zero-order chi connectivity index (χ0) is 33.5. The van der Waals surface area contributed by atoms with Crippen LogP contribution in [0.25, 0.3) is 10.9 Å². The monoisotopic (exact) mass is 659 g/mol. The molecule has 2 N–H and O–H groups in total. The molecule has 1 amide bonds. The number of amides is 1. The number of nitrogens with zero attached hydrogens (tertiary/aromatic N) is 1. The van der Waals surface area contributed by atoms with Gasteiger partial charge in [-0.15, -0.1) is 0 Å². The molecule has 0 aliphatic heterocycles. The number of ether oxygens (including phenoxy) is 3. The van der Waals surface area contributed by atoms with Crippen molar-refractivity contribution < 1.29 is 37.0 Å². The lowest BCUT2D eigenvalue weighted by atomic mass is 9.94. The number of carbonyl (C=O) groups excluding carboxylic acids is 2. The summed E-state index contributed by atoms with van der Waals surface area (Å²) in [6.07, 6.45) is 9.11. The van der Waals surface area contributed by atoms with Gasteiger partial charge in [0.2, 0.25) is 5.91 Å². The van der Waals surface area contributed by atoms with E-state index in [1.165, 1.54) is 43.9 Å². The fourth-order valence-electron chi connectivity index (χ4n) is 6.48. The van der Waals surface area contributed by atoms with Crippen LogP contribution in [0.15, 0.2) is 60.8 Å². The van der Waals surface area contributed by atoms with E-state index in [-0.39, 0.29) is 29.2 Å². The zero-order valence-corrected chi connectivity index (χ0v) is 26.5. The summed E-state index contributed by atoms with van der Waals surface area (Å²) in [6, 6.07) is 12.9. The van der Waals surface area contributed by atoms with E-state index in [9.17, 15) is 18.4 Å². The number of ketones is 1. The van der Waals surface area contributed by atoms with Gasteiger partial charge in [0.05, 0.1) is 18.2 Å². The van der Waals surface area contributed by atoms with Crippen molar-refractivity contribution in [3.8, 4) is 23.0 Å². The van der Waals surface area contributed by atoms with Gasteiger partial charge in [-0.1, -0.05) is 18.9 Å². The minimum atomic E-state index is -1.29.